The summed E-state index contributed by atoms with van der Waals surface area (Å²) < 4.78 is 15.9. The van der Waals surface area contributed by atoms with Gasteiger partial charge in [0.25, 0.3) is 0 Å². The molecule has 0 spiro atoms. The van der Waals surface area contributed by atoms with Crippen molar-refractivity contribution in [2.24, 2.45) is 0 Å². The molecule has 0 amide bonds. The SMILES string of the molecule is Br.Br.Br.Br.COCC[N+]1=C(CCCCC2=[N+](CCOC)CCc3ccccc32)c2ccccc2CC1. The molecule has 0 bridgehead atoms. The molecule has 0 aromatic heterocycles. The molecule has 0 N–H and O–H groups in total. The van der Waals surface area contributed by atoms with E-state index in [0.29, 0.717) is 0 Å². The fraction of sp³-hybridized carbons (Fsp3) is 0.500. The third kappa shape index (κ3) is 9.12. The summed E-state index contributed by atoms with van der Waals surface area (Å²) in [4.78, 5) is 0. The monoisotopic (exact) mass is 754 g/mol. The second-order valence-corrected chi connectivity index (χ2v) is 8.87. The summed E-state index contributed by atoms with van der Waals surface area (Å²) in [5, 5.41) is 0. The number of rotatable bonds is 11. The van der Waals surface area contributed by atoms with Crippen molar-refractivity contribution in [3.63, 3.8) is 0 Å². The van der Waals surface area contributed by atoms with Crippen LogP contribution in [0, 0.1) is 0 Å². The third-order valence-corrected chi connectivity index (χ3v) is 6.93. The minimum atomic E-state index is 0. The first-order chi connectivity index (χ1) is 15.8. The molecule has 0 saturated heterocycles. The number of unbranched alkanes of at least 4 members (excludes halogenated alkanes) is 1. The Labute approximate surface area is 259 Å². The van der Waals surface area contributed by atoms with Crippen molar-refractivity contribution in [3.05, 3.63) is 70.8 Å². The Balaban J connectivity index is 0.00000306. The molecule has 0 fully saturated rings. The van der Waals surface area contributed by atoms with Crippen LogP contribution in [0.2, 0.25) is 0 Å². The average molecular weight is 758 g/mol. The van der Waals surface area contributed by atoms with Gasteiger partial charge in [-0.2, -0.15) is 0 Å². The van der Waals surface area contributed by atoms with Gasteiger partial charge >= 0.3 is 0 Å². The molecule has 2 aromatic carbocycles. The molecule has 202 valence electrons. The second-order valence-electron chi connectivity index (χ2n) is 8.87. The number of benzene rings is 2. The molecule has 2 heterocycles. The van der Waals surface area contributed by atoms with E-state index in [9.17, 15) is 0 Å². The van der Waals surface area contributed by atoms with Crippen LogP contribution >= 0.6 is 67.9 Å². The van der Waals surface area contributed by atoms with E-state index in [1.165, 1.54) is 46.5 Å². The van der Waals surface area contributed by atoms with Gasteiger partial charge in [-0.25, -0.2) is 9.15 Å². The second kappa shape index (κ2) is 18.8. The average Bonchev–Trinajstić information content (AvgIpc) is 2.84. The lowest BCUT2D eigenvalue weighted by Gasteiger charge is -2.20. The van der Waals surface area contributed by atoms with Crippen LogP contribution in [0.25, 0.3) is 0 Å². The normalized spacial score (nSPS) is 13.9. The summed E-state index contributed by atoms with van der Waals surface area (Å²) in [6, 6.07) is 17.9. The van der Waals surface area contributed by atoms with Crippen molar-refractivity contribution in [2.75, 3.05) is 53.6 Å². The molecule has 4 rings (SSSR count). The van der Waals surface area contributed by atoms with Crippen LogP contribution in [0.5, 0.6) is 0 Å². The molecule has 0 aliphatic carbocycles. The minimum Gasteiger partial charge on any atom is -0.378 e. The van der Waals surface area contributed by atoms with Crippen molar-refractivity contribution >= 4 is 79.3 Å². The van der Waals surface area contributed by atoms with Gasteiger partial charge in [0.2, 0.25) is 0 Å². The van der Waals surface area contributed by atoms with E-state index in [4.69, 9.17) is 9.47 Å². The van der Waals surface area contributed by atoms with Gasteiger partial charge in [-0.3, -0.25) is 0 Å². The number of nitrogens with zero attached hydrogens (tertiary/aromatic N) is 2. The van der Waals surface area contributed by atoms with E-state index >= 15 is 0 Å². The first-order valence-corrected chi connectivity index (χ1v) is 12.2. The molecule has 2 aliphatic heterocycles. The maximum Gasteiger partial charge on any atom is 0.183 e. The topological polar surface area (TPSA) is 24.5 Å². The van der Waals surface area contributed by atoms with Gasteiger partial charge in [0.1, 0.15) is 26.3 Å². The Morgan fingerprint density at radius 2 is 1.00 bits per heavy atom. The fourth-order valence-electron chi connectivity index (χ4n) is 5.23. The maximum atomic E-state index is 5.39. The van der Waals surface area contributed by atoms with Crippen LogP contribution in [-0.4, -0.2) is 74.2 Å². The molecule has 4 nitrogen and oxygen atoms in total. The Kier molecular flexibility index (Phi) is 18.6. The van der Waals surface area contributed by atoms with E-state index in [0.717, 1.165) is 65.1 Å². The van der Waals surface area contributed by atoms with Crippen molar-refractivity contribution in [3.8, 4) is 0 Å². The van der Waals surface area contributed by atoms with Crippen LogP contribution in [0.3, 0.4) is 0 Å². The van der Waals surface area contributed by atoms with Gasteiger partial charge < -0.3 is 9.47 Å². The summed E-state index contributed by atoms with van der Waals surface area (Å²) in [7, 11) is 3.60. The van der Waals surface area contributed by atoms with Crippen LogP contribution in [0.4, 0.5) is 0 Å². The highest BCUT2D eigenvalue weighted by atomic mass is 79.9. The molecule has 8 heteroatoms. The van der Waals surface area contributed by atoms with Crippen molar-refractivity contribution in [1.82, 2.24) is 0 Å². The standard InChI is InChI=1S/C28H38N2O2.4BrH/c1-31-21-19-29-17-15-23-9-3-5-11-25(23)27(29)13-7-8-14-28-26-12-6-4-10-24(26)16-18-30(28)20-22-32-2;;;;/h3-6,9-12H,7-8,13-22H2,1-2H3;4*1H/q+2;;;;. The number of halogens is 4. The first kappa shape index (κ1) is 35.6. The highest BCUT2D eigenvalue weighted by molar-refractivity contribution is 8.93. The van der Waals surface area contributed by atoms with Crippen LogP contribution < -0.4 is 0 Å². The number of hydrogen-bond donors (Lipinski definition) is 0. The summed E-state index contributed by atoms with van der Waals surface area (Å²) >= 11 is 0. The van der Waals surface area contributed by atoms with Gasteiger partial charge in [0.05, 0.1) is 0 Å². The largest absolute Gasteiger partial charge is 0.378 e. The lowest BCUT2D eigenvalue weighted by molar-refractivity contribution is -0.532. The molecule has 2 aliphatic rings. The molecule has 0 saturated carbocycles. The van der Waals surface area contributed by atoms with Crippen molar-refractivity contribution < 1.29 is 18.6 Å². The highest BCUT2D eigenvalue weighted by Crippen LogP contribution is 2.22. The lowest BCUT2D eigenvalue weighted by atomic mass is 9.91. The maximum absolute atomic E-state index is 5.39. The zero-order chi connectivity index (χ0) is 22.2. The Bertz CT molecular complexity index is 916. The van der Waals surface area contributed by atoms with Crippen LogP contribution in [-0.2, 0) is 22.3 Å². The van der Waals surface area contributed by atoms with E-state index in [2.05, 4.69) is 57.7 Å². The predicted octanol–water partition coefficient (Wildman–Crippen LogP) is 6.27. The number of fused-ring (bicyclic) bond motifs is 2. The molecule has 0 unspecified atom stereocenters. The molecular weight excluding hydrogens is 716 g/mol. The summed E-state index contributed by atoms with van der Waals surface area (Å²) in [5.41, 5.74) is 8.91. The molecular formula is C28H42Br4N2O2+2. The van der Waals surface area contributed by atoms with Crippen LogP contribution in [0.15, 0.2) is 48.5 Å². The molecule has 0 atom stereocenters. The molecule has 2 aromatic rings. The van der Waals surface area contributed by atoms with Gasteiger partial charge in [-0.05, 0) is 36.1 Å². The predicted molar refractivity (Wildman–Crippen MR) is 172 cm³/mol. The fourth-order valence-corrected chi connectivity index (χ4v) is 5.23. The van der Waals surface area contributed by atoms with Crippen LogP contribution in [0.1, 0.15) is 47.9 Å². The van der Waals surface area contributed by atoms with Crippen molar-refractivity contribution in [1.29, 1.82) is 0 Å². The van der Waals surface area contributed by atoms with E-state index in [1.54, 1.807) is 14.2 Å². The quantitative estimate of drug-likeness (QED) is 0.200. The Morgan fingerprint density at radius 1 is 0.611 bits per heavy atom. The Morgan fingerprint density at radius 3 is 1.39 bits per heavy atom. The smallest absolute Gasteiger partial charge is 0.183 e. The van der Waals surface area contributed by atoms with Gasteiger partial charge in [0, 0.05) is 51.0 Å². The Hall–Kier alpha value is -0.380. The summed E-state index contributed by atoms with van der Waals surface area (Å²) in [5.74, 6) is 0. The zero-order valence-electron chi connectivity index (χ0n) is 21.4. The molecule has 36 heavy (non-hydrogen) atoms. The number of ether oxygens (including phenoxy) is 2. The summed E-state index contributed by atoms with van der Waals surface area (Å²) in [6.07, 6.45) is 6.94. The number of methoxy groups -OCH3 is 2. The zero-order valence-corrected chi connectivity index (χ0v) is 28.3. The first-order valence-electron chi connectivity index (χ1n) is 12.2. The van der Waals surface area contributed by atoms with E-state index < -0.39 is 0 Å². The highest BCUT2D eigenvalue weighted by Gasteiger charge is 2.27. The van der Waals surface area contributed by atoms with E-state index in [1.807, 2.05) is 0 Å². The summed E-state index contributed by atoms with van der Waals surface area (Å²) in [6.45, 7) is 5.74. The van der Waals surface area contributed by atoms with Gasteiger partial charge in [-0.1, -0.05) is 36.4 Å². The van der Waals surface area contributed by atoms with Crippen molar-refractivity contribution in [2.45, 2.75) is 38.5 Å². The van der Waals surface area contributed by atoms with Gasteiger partial charge in [0.15, 0.2) is 24.5 Å². The van der Waals surface area contributed by atoms with Gasteiger partial charge in [-0.15, -0.1) is 67.9 Å². The molecule has 0 radical (unpaired) electrons. The minimum absolute atomic E-state index is 0. The third-order valence-electron chi connectivity index (χ3n) is 6.93. The lowest BCUT2D eigenvalue weighted by Crippen LogP contribution is -2.33. The van der Waals surface area contributed by atoms with E-state index in [-0.39, 0.29) is 67.9 Å². The number of hydrogen-bond acceptors (Lipinski definition) is 2.